The van der Waals surface area contributed by atoms with Crippen molar-refractivity contribution < 1.29 is 29.0 Å². The van der Waals surface area contributed by atoms with E-state index in [0.717, 1.165) is 29.0 Å². The van der Waals surface area contributed by atoms with Crippen molar-refractivity contribution in [3.05, 3.63) is 37.9 Å². The van der Waals surface area contributed by atoms with Crippen LogP contribution in [0.3, 0.4) is 0 Å². The highest BCUT2D eigenvalue weighted by Gasteiger charge is 2.38. The number of benzene rings is 1. The Morgan fingerprint density at radius 1 is 1.37 bits per heavy atom. The maximum Gasteiger partial charge on any atom is 0.268 e. The van der Waals surface area contributed by atoms with E-state index in [1.807, 2.05) is 13.1 Å². The number of carbonyl (C=O) groups excluding carboxylic acids is 1. The minimum atomic E-state index is -0.605. The molecule has 1 unspecified atom stereocenters. The zero-order chi connectivity index (χ0) is 21.7. The fourth-order valence-electron chi connectivity index (χ4n) is 4.26. The number of fused-ring (bicyclic) bond motifs is 2. The summed E-state index contributed by atoms with van der Waals surface area (Å²) >= 11 is 5.13. The first-order chi connectivity index (χ1) is 14.3. The minimum absolute atomic E-state index is 0.0222. The molecule has 0 radical (unpaired) electrons. The summed E-state index contributed by atoms with van der Waals surface area (Å²) in [5.41, 5.74) is 1.04. The number of quaternary nitrogens is 1. The molecule has 160 valence electrons. The molecule has 0 fully saturated rings. The van der Waals surface area contributed by atoms with Crippen LogP contribution in [-0.4, -0.2) is 47.5 Å². The van der Waals surface area contributed by atoms with Crippen molar-refractivity contribution >= 4 is 18.0 Å². The van der Waals surface area contributed by atoms with Gasteiger partial charge in [-0.25, -0.2) is 0 Å². The average Bonchev–Trinajstić information content (AvgIpc) is 3.19. The van der Waals surface area contributed by atoms with Gasteiger partial charge in [0.1, 0.15) is 11.6 Å². The van der Waals surface area contributed by atoms with E-state index in [0.29, 0.717) is 17.2 Å². The number of ketones is 1. The molecule has 2 aromatic rings. The van der Waals surface area contributed by atoms with Gasteiger partial charge in [0.05, 0.1) is 32.7 Å². The fraction of sp³-hybridized carbons (Fsp3) is 0.450. The maximum absolute atomic E-state index is 13.2. The zero-order valence-corrected chi connectivity index (χ0v) is 18.1. The van der Waals surface area contributed by atoms with Gasteiger partial charge < -0.3 is 24.2 Å². The molecule has 4 rings (SSSR count). The summed E-state index contributed by atoms with van der Waals surface area (Å²) in [5, 5.41) is 10.5. The van der Waals surface area contributed by atoms with Crippen LogP contribution in [0, 0.1) is 4.77 Å². The number of hydrogen-bond donors (Lipinski definition) is 2. The summed E-state index contributed by atoms with van der Waals surface area (Å²) in [7, 11) is 6.56. The molecule has 0 aliphatic carbocycles. The topological polar surface area (TPSA) is 96.4 Å². The van der Waals surface area contributed by atoms with Crippen LogP contribution in [0.15, 0.2) is 10.9 Å². The molecular formula is C20H24N3O6S+. The van der Waals surface area contributed by atoms with Crippen LogP contribution >= 0.6 is 12.2 Å². The van der Waals surface area contributed by atoms with E-state index in [4.69, 9.17) is 26.4 Å². The maximum atomic E-state index is 13.2. The molecule has 9 nitrogen and oxygen atoms in total. The lowest BCUT2D eigenvalue weighted by Gasteiger charge is -2.32. The lowest BCUT2D eigenvalue weighted by Crippen LogP contribution is -3.10. The number of likely N-dealkylation sites (N-methyl/N-ethyl adjacent to an activating group) is 1. The first-order valence-electron chi connectivity index (χ1n) is 9.60. The first kappa shape index (κ1) is 20.4. The molecule has 3 heterocycles. The second-order valence-corrected chi connectivity index (χ2v) is 8.01. The SMILES string of the molecule is COc1c2c(cc3c1[C@@H](CC(=O)c1c(O)n(C)c(=S)n(C)c1=O)[NH+](C)CC3)OCO2. The second-order valence-electron chi connectivity index (χ2n) is 7.65. The minimum Gasteiger partial charge on any atom is -0.494 e. The summed E-state index contributed by atoms with van der Waals surface area (Å²) in [5.74, 6) is 0.856. The third-order valence-electron chi connectivity index (χ3n) is 5.98. The van der Waals surface area contributed by atoms with Gasteiger partial charge in [0, 0.05) is 20.5 Å². The van der Waals surface area contributed by atoms with E-state index in [2.05, 4.69) is 0 Å². The Bertz CT molecular complexity index is 1170. The van der Waals surface area contributed by atoms with E-state index in [-0.39, 0.29) is 29.6 Å². The van der Waals surface area contributed by atoms with Crippen molar-refractivity contribution in [2.75, 3.05) is 27.5 Å². The number of rotatable bonds is 4. The second kappa shape index (κ2) is 7.44. The molecule has 30 heavy (non-hydrogen) atoms. The number of carbonyl (C=O) groups is 1. The number of ether oxygens (including phenoxy) is 3. The molecule has 2 aliphatic heterocycles. The van der Waals surface area contributed by atoms with E-state index in [1.54, 1.807) is 7.11 Å². The van der Waals surface area contributed by atoms with Gasteiger partial charge in [-0.2, -0.15) is 0 Å². The van der Waals surface area contributed by atoms with E-state index < -0.39 is 17.2 Å². The monoisotopic (exact) mass is 434 g/mol. The van der Waals surface area contributed by atoms with Gasteiger partial charge in [0.2, 0.25) is 18.4 Å². The van der Waals surface area contributed by atoms with Crippen LogP contribution in [0.2, 0.25) is 0 Å². The summed E-state index contributed by atoms with van der Waals surface area (Å²) in [6, 6.07) is 1.66. The molecule has 2 aliphatic rings. The lowest BCUT2D eigenvalue weighted by molar-refractivity contribution is -0.913. The molecular weight excluding hydrogens is 410 g/mol. The number of hydrogen-bond acceptors (Lipinski definition) is 7. The highest BCUT2D eigenvalue weighted by atomic mass is 32.1. The molecule has 0 bridgehead atoms. The quantitative estimate of drug-likeness (QED) is 0.527. The molecule has 10 heteroatoms. The van der Waals surface area contributed by atoms with Crippen LogP contribution in [-0.2, 0) is 20.5 Å². The first-order valence-corrected chi connectivity index (χ1v) is 10.0. The van der Waals surface area contributed by atoms with Gasteiger partial charge in [-0.15, -0.1) is 0 Å². The molecule has 0 spiro atoms. The smallest absolute Gasteiger partial charge is 0.268 e. The number of aromatic nitrogens is 2. The number of Topliss-reactive ketones (excluding diaryl/α,β-unsaturated/α-hetero) is 1. The third-order valence-corrected chi connectivity index (χ3v) is 6.53. The van der Waals surface area contributed by atoms with Crippen LogP contribution in [0.4, 0.5) is 0 Å². The van der Waals surface area contributed by atoms with Crippen molar-refractivity contribution in [2.45, 2.75) is 18.9 Å². The predicted octanol–water partition coefficient (Wildman–Crippen LogP) is 0.281. The largest absolute Gasteiger partial charge is 0.494 e. The van der Waals surface area contributed by atoms with Crippen LogP contribution in [0.25, 0.3) is 0 Å². The number of methoxy groups -OCH3 is 1. The van der Waals surface area contributed by atoms with Crippen molar-refractivity contribution in [1.82, 2.24) is 9.13 Å². The van der Waals surface area contributed by atoms with Gasteiger partial charge in [0.25, 0.3) is 5.56 Å². The Balaban J connectivity index is 1.80. The summed E-state index contributed by atoms with van der Waals surface area (Å²) in [6.07, 6.45) is 0.819. The molecule has 2 atom stereocenters. The summed E-state index contributed by atoms with van der Waals surface area (Å²) in [4.78, 5) is 27.0. The van der Waals surface area contributed by atoms with E-state index in [1.165, 1.54) is 23.2 Å². The predicted molar refractivity (Wildman–Crippen MR) is 109 cm³/mol. The van der Waals surface area contributed by atoms with Crippen molar-refractivity contribution in [1.29, 1.82) is 0 Å². The van der Waals surface area contributed by atoms with Gasteiger partial charge >= 0.3 is 0 Å². The molecule has 1 aromatic heterocycles. The van der Waals surface area contributed by atoms with Crippen LogP contribution in [0.1, 0.15) is 33.9 Å². The Hall–Kier alpha value is -2.85. The van der Waals surface area contributed by atoms with Gasteiger partial charge in [0.15, 0.2) is 22.1 Å². The number of aromatic hydroxyl groups is 1. The number of nitrogens with zero attached hydrogens (tertiary/aromatic N) is 2. The highest BCUT2D eigenvalue weighted by molar-refractivity contribution is 7.71. The fourth-order valence-corrected chi connectivity index (χ4v) is 4.43. The van der Waals surface area contributed by atoms with E-state index in [9.17, 15) is 14.7 Å². The molecule has 0 saturated heterocycles. The van der Waals surface area contributed by atoms with Gasteiger partial charge in [-0.05, 0) is 23.8 Å². The third kappa shape index (κ3) is 2.98. The van der Waals surface area contributed by atoms with Crippen molar-refractivity contribution in [2.24, 2.45) is 14.1 Å². The Morgan fingerprint density at radius 3 is 2.80 bits per heavy atom. The normalized spacial score (nSPS) is 19.5. The molecule has 1 aromatic carbocycles. The lowest BCUT2D eigenvalue weighted by atomic mass is 9.87. The Morgan fingerprint density at radius 2 is 2.10 bits per heavy atom. The van der Waals surface area contributed by atoms with E-state index >= 15 is 0 Å². The van der Waals surface area contributed by atoms with Crippen molar-refractivity contribution in [3.8, 4) is 23.1 Å². The average molecular weight is 434 g/mol. The van der Waals surface area contributed by atoms with Crippen molar-refractivity contribution in [3.63, 3.8) is 0 Å². The van der Waals surface area contributed by atoms with Crippen LogP contribution < -0.4 is 24.7 Å². The molecule has 0 saturated carbocycles. The molecule has 2 N–H and O–H groups in total. The zero-order valence-electron chi connectivity index (χ0n) is 17.3. The van der Waals surface area contributed by atoms with Gasteiger partial charge in [-0.3, -0.25) is 18.7 Å². The number of nitrogens with one attached hydrogen (secondary N) is 1. The standard InChI is InChI=1S/C20H23N3O6S/c1-21-6-5-10-7-13-16(29-9-28-13)17(27-4)14(10)11(21)8-12(24)15-18(25)22(2)20(30)23(3)19(15)26/h7,11,25H,5-6,8-9H2,1-4H3/p+1/t11-/m1/s1. The molecule has 0 amide bonds. The highest BCUT2D eigenvalue weighted by Crippen LogP contribution is 2.47. The Labute approximate surface area is 178 Å². The van der Waals surface area contributed by atoms with Crippen LogP contribution in [0.5, 0.6) is 23.1 Å². The summed E-state index contributed by atoms with van der Waals surface area (Å²) in [6.45, 7) is 0.922. The Kier molecular flexibility index (Phi) is 5.07. The summed E-state index contributed by atoms with van der Waals surface area (Å²) < 4.78 is 19.4. The van der Waals surface area contributed by atoms with Gasteiger partial charge in [-0.1, -0.05) is 0 Å².